The van der Waals surface area contributed by atoms with E-state index < -0.39 is 0 Å². The summed E-state index contributed by atoms with van der Waals surface area (Å²) in [6.45, 7) is 11.3. The summed E-state index contributed by atoms with van der Waals surface area (Å²) in [5.74, 6) is 0. The molecule has 1 aromatic carbocycles. The standard InChI is InChI=1S/C16H23NO/c1-11-8-13-14(9-12(11)10-17-18)16(4,5)7-6-15(13,2)3/h8-10,18H,6-7H2,1-5H3/b17-10-. The van der Waals surface area contributed by atoms with Crippen LogP contribution in [-0.2, 0) is 10.8 Å². The number of benzene rings is 1. The molecule has 0 saturated carbocycles. The van der Waals surface area contributed by atoms with Gasteiger partial charge in [0.1, 0.15) is 0 Å². The van der Waals surface area contributed by atoms with Crippen LogP contribution in [0.4, 0.5) is 0 Å². The Hall–Kier alpha value is -1.31. The fourth-order valence-corrected chi connectivity index (χ4v) is 2.94. The Morgan fingerprint density at radius 3 is 2.06 bits per heavy atom. The average molecular weight is 245 g/mol. The molecule has 0 amide bonds. The Morgan fingerprint density at radius 2 is 1.56 bits per heavy atom. The highest BCUT2D eigenvalue weighted by molar-refractivity contribution is 5.82. The molecule has 0 fully saturated rings. The summed E-state index contributed by atoms with van der Waals surface area (Å²) in [6.07, 6.45) is 3.96. The van der Waals surface area contributed by atoms with Gasteiger partial charge in [-0.2, -0.15) is 0 Å². The maximum absolute atomic E-state index is 8.75. The quantitative estimate of drug-likeness (QED) is 0.450. The van der Waals surface area contributed by atoms with E-state index in [9.17, 15) is 0 Å². The second kappa shape index (κ2) is 4.11. The van der Waals surface area contributed by atoms with Crippen LogP contribution in [0.2, 0.25) is 0 Å². The van der Waals surface area contributed by atoms with Gasteiger partial charge in [0.05, 0.1) is 6.21 Å². The highest BCUT2D eigenvalue weighted by Gasteiger charge is 2.37. The summed E-state index contributed by atoms with van der Waals surface area (Å²) >= 11 is 0. The molecule has 0 spiro atoms. The molecule has 98 valence electrons. The average Bonchev–Trinajstić information content (AvgIpc) is 2.27. The van der Waals surface area contributed by atoms with Crippen molar-refractivity contribution in [1.82, 2.24) is 0 Å². The van der Waals surface area contributed by atoms with Crippen LogP contribution in [0.15, 0.2) is 17.3 Å². The number of aryl methyl sites for hydroxylation is 1. The third-order valence-electron chi connectivity index (χ3n) is 4.44. The van der Waals surface area contributed by atoms with Gasteiger partial charge in [-0.15, -0.1) is 0 Å². The van der Waals surface area contributed by atoms with Crippen LogP contribution in [0.25, 0.3) is 0 Å². The monoisotopic (exact) mass is 245 g/mol. The molecule has 0 aliphatic heterocycles. The van der Waals surface area contributed by atoms with Crippen LogP contribution in [0.5, 0.6) is 0 Å². The van der Waals surface area contributed by atoms with Crippen LogP contribution >= 0.6 is 0 Å². The molecule has 2 heteroatoms. The number of nitrogens with zero attached hydrogens (tertiary/aromatic N) is 1. The first-order valence-corrected chi connectivity index (χ1v) is 6.61. The van der Waals surface area contributed by atoms with Gasteiger partial charge >= 0.3 is 0 Å². The summed E-state index contributed by atoms with van der Waals surface area (Å²) in [4.78, 5) is 0. The van der Waals surface area contributed by atoms with E-state index in [1.807, 2.05) is 0 Å². The summed E-state index contributed by atoms with van der Waals surface area (Å²) < 4.78 is 0. The zero-order chi connectivity index (χ0) is 13.6. The van der Waals surface area contributed by atoms with Crippen molar-refractivity contribution in [1.29, 1.82) is 0 Å². The lowest BCUT2D eigenvalue weighted by Crippen LogP contribution is -2.34. The predicted octanol–water partition coefficient (Wildman–Crippen LogP) is 4.15. The SMILES string of the molecule is Cc1cc2c(cc1/C=N\O)C(C)(C)CCC2(C)C. The van der Waals surface area contributed by atoms with Crippen molar-refractivity contribution in [2.24, 2.45) is 5.16 Å². The second-order valence-corrected chi connectivity index (χ2v) is 6.77. The molecule has 18 heavy (non-hydrogen) atoms. The van der Waals surface area contributed by atoms with Crippen molar-refractivity contribution in [2.45, 2.75) is 58.3 Å². The maximum atomic E-state index is 8.75. The van der Waals surface area contributed by atoms with E-state index in [1.54, 1.807) is 0 Å². The van der Waals surface area contributed by atoms with Gasteiger partial charge in [0.25, 0.3) is 0 Å². The molecule has 1 aliphatic carbocycles. The van der Waals surface area contributed by atoms with Crippen LogP contribution in [0.3, 0.4) is 0 Å². The summed E-state index contributed by atoms with van der Waals surface area (Å²) in [6, 6.07) is 4.47. The molecule has 1 aliphatic rings. The van der Waals surface area contributed by atoms with Crippen molar-refractivity contribution in [3.8, 4) is 0 Å². The first kappa shape index (κ1) is 13.1. The molecular weight excluding hydrogens is 222 g/mol. The van der Waals surface area contributed by atoms with Gasteiger partial charge in [0.15, 0.2) is 0 Å². The number of rotatable bonds is 1. The predicted molar refractivity (Wildman–Crippen MR) is 75.8 cm³/mol. The van der Waals surface area contributed by atoms with E-state index in [0.717, 1.165) is 5.56 Å². The van der Waals surface area contributed by atoms with E-state index in [4.69, 9.17) is 5.21 Å². The lowest BCUT2D eigenvalue weighted by Gasteiger charge is -2.42. The van der Waals surface area contributed by atoms with Crippen molar-refractivity contribution < 1.29 is 5.21 Å². The zero-order valence-electron chi connectivity index (χ0n) is 12.0. The van der Waals surface area contributed by atoms with Gasteiger partial charge in [-0.25, -0.2) is 0 Å². The Bertz CT molecular complexity index is 498. The molecule has 0 unspecified atom stereocenters. The van der Waals surface area contributed by atoms with E-state index in [-0.39, 0.29) is 10.8 Å². The molecular formula is C16H23NO. The highest BCUT2D eigenvalue weighted by Crippen LogP contribution is 2.46. The van der Waals surface area contributed by atoms with E-state index >= 15 is 0 Å². The third-order valence-corrected chi connectivity index (χ3v) is 4.44. The molecule has 0 atom stereocenters. The molecule has 2 rings (SSSR count). The summed E-state index contributed by atoms with van der Waals surface area (Å²) in [7, 11) is 0. The molecule has 1 aromatic rings. The zero-order valence-corrected chi connectivity index (χ0v) is 12.0. The Balaban J connectivity index is 2.69. The van der Waals surface area contributed by atoms with E-state index in [1.165, 1.54) is 35.7 Å². The Labute approximate surface area is 110 Å². The largest absolute Gasteiger partial charge is 0.411 e. The number of fused-ring (bicyclic) bond motifs is 1. The van der Waals surface area contributed by atoms with Gasteiger partial charge in [-0.05, 0) is 58.9 Å². The van der Waals surface area contributed by atoms with Gasteiger partial charge in [-0.1, -0.05) is 38.9 Å². The minimum absolute atomic E-state index is 0.205. The second-order valence-electron chi connectivity index (χ2n) is 6.77. The van der Waals surface area contributed by atoms with Crippen molar-refractivity contribution in [2.75, 3.05) is 0 Å². The molecule has 0 radical (unpaired) electrons. The van der Waals surface area contributed by atoms with Crippen molar-refractivity contribution in [3.05, 3.63) is 34.4 Å². The fraction of sp³-hybridized carbons (Fsp3) is 0.562. The first-order valence-electron chi connectivity index (χ1n) is 6.61. The third kappa shape index (κ3) is 2.05. The van der Waals surface area contributed by atoms with Crippen molar-refractivity contribution >= 4 is 6.21 Å². The van der Waals surface area contributed by atoms with E-state index in [0.29, 0.717) is 0 Å². The van der Waals surface area contributed by atoms with Crippen LogP contribution in [-0.4, -0.2) is 11.4 Å². The molecule has 0 aromatic heterocycles. The molecule has 1 N–H and O–H groups in total. The lowest BCUT2D eigenvalue weighted by molar-refractivity contribution is 0.321. The number of oxime groups is 1. The lowest BCUT2D eigenvalue weighted by atomic mass is 9.62. The fourth-order valence-electron chi connectivity index (χ4n) is 2.94. The van der Waals surface area contributed by atoms with Crippen LogP contribution < -0.4 is 0 Å². The number of hydrogen-bond acceptors (Lipinski definition) is 2. The minimum Gasteiger partial charge on any atom is -0.411 e. The van der Waals surface area contributed by atoms with E-state index in [2.05, 4.69) is 51.9 Å². The Morgan fingerprint density at radius 1 is 1.06 bits per heavy atom. The van der Waals surface area contributed by atoms with Gasteiger partial charge in [0.2, 0.25) is 0 Å². The summed E-state index contributed by atoms with van der Waals surface area (Å²) in [5.41, 5.74) is 5.49. The van der Waals surface area contributed by atoms with Gasteiger partial charge in [-0.3, -0.25) is 0 Å². The van der Waals surface area contributed by atoms with Gasteiger partial charge < -0.3 is 5.21 Å². The number of hydrogen-bond donors (Lipinski definition) is 1. The van der Waals surface area contributed by atoms with Gasteiger partial charge in [0, 0.05) is 0 Å². The normalized spacial score (nSPS) is 20.9. The van der Waals surface area contributed by atoms with Crippen molar-refractivity contribution in [3.63, 3.8) is 0 Å². The maximum Gasteiger partial charge on any atom is 0.0736 e. The van der Waals surface area contributed by atoms with Crippen LogP contribution in [0.1, 0.15) is 62.8 Å². The molecule has 0 heterocycles. The minimum atomic E-state index is 0.205. The smallest absolute Gasteiger partial charge is 0.0736 e. The first-order chi connectivity index (χ1) is 8.28. The summed E-state index contributed by atoms with van der Waals surface area (Å²) in [5, 5.41) is 11.9. The topological polar surface area (TPSA) is 32.6 Å². The molecule has 2 nitrogen and oxygen atoms in total. The van der Waals surface area contributed by atoms with Crippen LogP contribution in [0, 0.1) is 6.92 Å². The highest BCUT2D eigenvalue weighted by atomic mass is 16.4. The molecule has 0 bridgehead atoms. The Kier molecular flexibility index (Phi) is 3.00. The molecule has 0 saturated heterocycles.